The monoisotopic (exact) mass is 300 g/mol. The number of nitrogens with zero attached hydrogens (tertiary/aromatic N) is 1. The first kappa shape index (κ1) is 15.4. The van der Waals surface area contributed by atoms with Gasteiger partial charge in [-0.15, -0.1) is 11.8 Å². The van der Waals surface area contributed by atoms with Gasteiger partial charge >= 0.3 is 0 Å². The molecule has 21 heavy (non-hydrogen) atoms. The maximum atomic E-state index is 12.4. The molecule has 0 bridgehead atoms. The highest BCUT2D eigenvalue weighted by molar-refractivity contribution is 8.00. The number of aryl methyl sites for hydroxylation is 1. The normalized spacial score (nSPS) is 10.4. The lowest BCUT2D eigenvalue weighted by Crippen LogP contribution is -2.32. The van der Waals surface area contributed by atoms with Gasteiger partial charge in [-0.25, -0.2) is 0 Å². The van der Waals surface area contributed by atoms with E-state index >= 15 is 0 Å². The highest BCUT2D eigenvalue weighted by Gasteiger charge is 2.14. The van der Waals surface area contributed by atoms with Gasteiger partial charge in [0.2, 0.25) is 5.91 Å². The summed E-state index contributed by atoms with van der Waals surface area (Å²) in [5, 5.41) is 0. The van der Waals surface area contributed by atoms with Crippen LogP contribution >= 0.6 is 11.8 Å². The van der Waals surface area contributed by atoms with Crippen LogP contribution in [-0.2, 0) is 4.79 Å². The second-order valence-corrected chi connectivity index (χ2v) is 5.82. The molecule has 2 N–H and O–H groups in total. The van der Waals surface area contributed by atoms with E-state index in [2.05, 4.69) is 0 Å². The largest absolute Gasteiger partial charge is 0.398 e. The fourth-order valence-corrected chi connectivity index (χ4v) is 3.03. The van der Waals surface area contributed by atoms with E-state index in [-0.39, 0.29) is 5.91 Å². The summed E-state index contributed by atoms with van der Waals surface area (Å²) in [6, 6.07) is 15.6. The molecule has 2 rings (SSSR count). The predicted octanol–water partition coefficient (Wildman–Crippen LogP) is 3.72. The van der Waals surface area contributed by atoms with E-state index in [1.165, 1.54) is 11.8 Å². The molecule has 1 amide bonds. The van der Waals surface area contributed by atoms with Crippen LogP contribution in [0.4, 0.5) is 11.4 Å². The molecule has 0 saturated heterocycles. The van der Waals surface area contributed by atoms with Gasteiger partial charge in [0.05, 0.1) is 5.75 Å². The van der Waals surface area contributed by atoms with Crippen LogP contribution in [0.1, 0.15) is 12.5 Å². The summed E-state index contributed by atoms with van der Waals surface area (Å²) in [6.07, 6.45) is 0. The standard InChI is InChI=1S/C17H20N2OS/c1-3-19(14-7-5-4-6-8-14)17(20)12-21-16-11-13(2)9-10-15(16)18/h4-11H,3,12,18H2,1-2H3. The van der Waals surface area contributed by atoms with Crippen LogP contribution in [0.2, 0.25) is 0 Å². The second-order valence-electron chi connectivity index (χ2n) is 4.80. The molecule has 0 atom stereocenters. The molecular formula is C17H20N2OS. The molecule has 0 radical (unpaired) electrons. The van der Waals surface area contributed by atoms with Crippen LogP contribution in [0.25, 0.3) is 0 Å². The summed E-state index contributed by atoms with van der Waals surface area (Å²) in [7, 11) is 0. The number of thioether (sulfide) groups is 1. The smallest absolute Gasteiger partial charge is 0.237 e. The summed E-state index contributed by atoms with van der Waals surface area (Å²) >= 11 is 1.49. The molecule has 0 fully saturated rings. The van der Waals surface area contributed by atoms with E-state index in [0.29, 0.717) is 12.3 Å². The number of benzene rings is 2. The molecule has 3 nitrogen and oxygen atoms in total. The quantitative estimate of drug-likeness (QED) is 0.676. The molecule has 0 saturated carbocycles. The zero-order valence-corrected chi connectivity index (χ0v) is 13.2. The summed E-state index contributed by atoms with van der Waals surface area (Å²) < 4.78 is 0. The fraction of sp³-hybridized carbons (Fsp3) is 0.235. The number of hydrogen-bond donors (Lipinski definition) is 1. The average molecular weight is 300 g/mol. The Morgan fingerprint density at radius 2 is 1.90 bits per heavy atom. The number of hydrogen-bond acceptors (Lipinski definition) is 3. The predicted molar refractivity (Wildman–Crippen MR) is 90.8 cm³/mol. The Hall–Kier alpha value is -1.94. The second kappa shape index (κ2) is 7.18. The number of nitrogen functional groups attached to an aromatic ring is 1. The molecule has 0 heterocycles. The first-order valence-corrected chi connectivity index (χ1v) is 7.94. The molecule has 4 heteroatoms. The Morgan fingerprint density at radius 1 is 1.19 bits per heavy atom. The van der Waals surface area contributed by atoms with Crippen molar-refractivity contribution in [2.45, 2.75) is 18.7 Å². The van der Waals surface area contributed by atoms with Crippen molar-refractivity contribution in [1.82, 2.24) is 0 Å². The Balaban J connectivity index is 2.05. The Bertz CT molecular complexity index is 613. The molecule has 110 valence electrons. The van der Waals surface area contributed by atoms with Crippen LogP contribution in [0, 0.1) is 6.92 Å². The lowest BCUT2D eigenvalue weighted by Gasteiger charge is -2.21. The number of rotatable bonds is 5. The maximum Gasteiger partial charge on any atom is 0.237 e. The fourth-order valence-electron chi connectivity index (χ4n) is 2.09. The molecular weight excluding hydrogens is 280 g/mol. The third kappa shape index (κ3) is 4.02. The molecule has 2 aromatic carbocycles. The van der Waals surface area contributed by atoms with E-state index in [1.54, 1.807) is 4.90 Å². The van der Waals surface area contributed by atoms with Gasteiger partial charge in [0.25, 0.3) is 0 Å². The number of para-hydroxylation sites is 1. The number of carbonyl (C=O) groups excluding carboxylic acids is 1. The Morgan fingerprint density at radius 3 is 2.57 bits per heavy atom. The van der Waals surface area contributed by atoms with Crippen molar-refractivity contribution in [3.63, 3.8) is 0 Å². The van der Waals surface area contributed by atoms with Gasteiger partial charge in [-0.2, -0.15) is 0 Å². The summed E-state index contributed by atoms with van der Waals surface area (Å²) in [5.74, 6) is 0.478. The first-order valence-electron chi connectivity index (χ1n) is 6.96. The van der Waals surface area contributed by atoms with Crippen molar-refractivity contribution in [3.05, 3.63) is 54.1 Å². The lowest BCUT2D eigenvalue weighted by molar-refractivity contribution is -0.116. The van der Waals surface area contributed by atoms with E-state index in [9.17, 15) is 4.79 Å². The van der Waals surface area contributed by atoms with Gasteiger partial charge in [-0.1, -0.05) is 24.3 Å². The lowest BCUT2D eigenvalue weighted by atomic mass is 10.2. The van der Waals surface area contributed by atoms with Crippen molar-refractivity contribution in [3.8, 4) is 0 Å². The summed E-state index contributed by atoms with van der Waals surface area (Å²) in [5.41, 5.74) is 8.75. The minimum absolute atomic E-state index is 0.0922. The number of anilines is 2. The van der Waals surface area contributed by atoms with Crippen LogP contribution in [-0.4, -0.2) is 18.2 Å². The Kier molecular flexibility index (Phi) is 5.28. The van der Waals surface area contributed by atoms with Gasteiger partial charge in [0.1, 0.15) is 0 Å². The van der Waals surface area contributed by atoms with Gasteiger partial charge in [-0.3, -0.25) is 4.79 Å². The Labute approximate surface area is 130 Å². The topological polar surface area (TPSA) is 46.3 Å². The number of nitrogens with two attached hydrogens (primary N) is 1. The van der Waals surface area contributed by atoms with Crippen molar-refractivity contribution in [2.24, 2.45) is 0 Å². The number of carbonyl (C=O) groups is 1. The summed E-state index contributed by atoms with van der Waals surface area (Å²) in [4.78, 5) is 15.2. The highest BCUT2D eigenvalue weighted by atomic mass is 32.2. The minimum Gasteiger partial charge on any atom is -0.398 e. The van der Waals surface area contributed by atoms with E-state index in [1.807, 2.05) is 62.4 Å². The first-order chi connectivity index (χ1) is 10.1. The molecule has 0 unspecified atom stereocenters. The molecule has 0 aliphatic heterocycles. The van der Waals surface area contributed by atoms with Crippen molar-refractivity contribution >= 4 is 29.0 Å². The maximum absolute atomic E-state index is 12.4. The molecule has 2 aromatic rings. The molecule has 0 aliphatic carbocycles. The highest BCUT2D eigenvalue weighted by Crippen LogP contribution is 2.26. The third-order valence-corrected chi connectivity index (χ3v) is 4.26. The zero-order chi connectivity index (χ0) is 15.2. The van der Waals surface area contributed by atoms with Gasteiger partial charge < -0.3 is 10.6 Å². The SMILES string of the molecule is CCN(C(=O)CSc1cc(C)ccc1N)c1ccccc1. The van der Waals surface area contributed by atoms with Crippen LogP contribution < -0.4 is 10.6 Å². The molecule has 0 spiro atoms. The summed E-state index contributed by atoms with van der Waals surface area (Å²) in [6.45, 7) is 4.66. The van der Waals surface area contributed by atoms with Crippen molar-refractivity contribution in [2.75, 3.05) is 22.9 Å². The van der Waals surface area contributed by atoms with E-state index < -0.39 is 0 Å². The molecule has 0 aliphatic rings. The van der Waals surface area contributed by atoms with Crippen molar-refractivity contribution in [1.29, 1.82) is 0 Å². The van der Waals surface area contributed by atoms with Gasteiger partial charge in [-0.05, 0) is 43.7 Å². The zero-order valence-electron chi connectivity index (χ0n) is 12.4. The van der Waals surface area contributed by atoms with Gasteiger partial charge in [0.15, 0.2) is 0 Å². The molecule has 0 aromatic heterocycles. The van der Waals surface area contributed by atoms with E-state index in [0.717, 1.165) is 21.8 Å². The average Bonchev–Trinajstić information content (AvgIpc) is 2.50. The van der Waals surface area contributed by atoms with Gasteiger partial charge in [0, 0.05) is 22.8 Å². The van der Waals surface area contributed by atoms with E-state index in [4.69, 9.17) is 5.73 Å². The van der Waals surface area contributed by atoms with Crippen LogP contribution in [0.3, 0.4) is 0 Å². The third-order valence-electron chi connectivity index (χ3n) is 3.21. The number of amides is 1. The van der Waals surface area contributed by atoms with Crippen LogP contribution in [0.5, 0.6) is 0 Å². The van der Waals surface area contributed by atoms with Crippen LogP contribution in [0.15, 0.2) is 53.4 Å². The van der Waals surface area contributed by atoms with Crippen molar-refractivity contribution < 1.29 is 4.79 Å². The minimum atomic E-state index is 0.0922.